The number of esters is 1. The molecular formula is C25H30F4N6O3. The standard InChI is InChI=1S/C25H30F4N6O3/c1-38-23(37)24(8-10-34(11-9-24)13-19(30)36)14-31-21-20(26)22(33-15-32-21)35(18-6-7-18)12-16-2-4-17(5-3-16)25(27,28)29/h2-5,15,18H,6-14H2,1H3,(H2,30,36)(H,31,32,33). The number of likely N-dealkylation sites (tertiary alicyclic amines) is 1. The molecule has 206 valence electrons. The van der Waals surface area contributed by atoms with E-state index < -0.39 is 34.8 Å². The lowest BCUT2D eigenvalue weighted by Crippen LogP contribution is -2.50. The number of halogens is 4. The summed E-state index contributed by atoms with van der Waals surface area (Å²) >= 11 is 0. The van der Waals surface area contributed by atoms with E-state index in [2.05, 4.69) is 15.3 Å². The molecule has 1 amide bonds. The largest absolute Gasteiger partial charge is 0.469 e. The Morgan fingerprint density at radius 3 is 2.39 bits per heavy atom. The van der Waals surface area contributed by atoms with Gasteiger partial charge in [-0.1, -0.05) is 12.1 Å². The molecule has 1 aliphatic carbocycles. The minimum atomic E-state index is -4.44. The van der Waals surface area contributed by atoms with E-state index >= 15 is 4.39 Å². The fourth-order valence-corrected chi connectivity index (χ4v) is 4.73. The second-order valence-electron chi connectivity index (χ2n) is 9.78. The Bertz CT molecular complexity index is 1150. The van der Waals surface area contributed by atoms with Crippen molar-refractivity contribution in [2.45, 2.75) is 44.4 Å². The van der Waals surface area contributed by atoms with Crippen LogP contribution >= 0.6 is 0 Å². The molecule has 4 rings (SSSR count). The molecule has 1 aliphatic heterocycles. The van der Waals surface area contributed by atoms with Gasteiger partial charge in [0.05, 0.1) is 24.6 Å². The minimum Gasteiger partial charge on any atom is -0.469 e. The Morgan fingerprint density at radius 1 is 1.18 bits per heavy atom. The quantitative estimate of drug-likeness (QED) is 0.351. The highest BCUT2D eigenvalue weighted by Gasteiger charge is 2.43. The number of nitrogens with two attached hydrogens (primary N) is 1. The SMILES string of the molecule is COC(=O)C1(CNc2ncnc(N(Cc3ccc(C(F)(F)F)cc3)C3CC3)c2F)CCN(CC(N)=O)CC1. The molecule has 2 aliphatic rings. The van der Waals surface area contributed by atoms with Gasteiger partial charge in [-0.3, -0.25) is 14.5 Å². The molecule has 1 aromatic carbocycles. The summed E-state index contributed by atoms with van der Waals surface area (Å²) in [4.78, 5) is 35.7. The first-order chi connectivity index (χ1) is 18.0. The van der Waals surface area contributed by atoms with Gasteiger partial charge in [0, 0.05) is 19.1 Å². The van der Waals surface area contributed by atoms with Gasteiger partial charge in [0.1, 0.15) is 6.33 Å². The van der Waals surface area contributed by atoms with Crippen LogP contribution in [0.4, 0.5) is 29.2 Å². The normalized spacial score (nSPS) is 17.6. The van der Waals surface area contributed by atoms with Crippen molar-refractivity contribution in [2.75, 3.05) is 43.5 Å². The van der Waals surface area contributed by atoms with Crippen LogP contribution in [0.3, 0.4) is 0 Å². The number of nitrogens with zero attached hydrogens (tertiary/aromatic N) is 4. The number of anilines is 2. The van der Waals surface area contributed by atoms with Gasteiger partial charge in [-0.15, -0.1) is 0 Å². The molecule has 3 N–H and O–H groups in total. The molecule has 2 heterocycles. The van der Waals surface area contributed by atoms with Crippen LogP contribution in [-0.4, -0.2) is 66.1 Å². The molecule has 1 saturated heterocycles. The van der Waals surface area contributed by atoms with Crippen LogP contribution in [0, 0.1) is 11.2 Å². The lowest BCUT2D eigenvalue weighted by atomic mass is 9.78. The summed E-state index contributed by atoms with van der Waals surface area (Å²) in [5, 5.41) is 2.95. The van der Waals surface area contributed by atoms with E-state index in [-0.39, 0.29) is 37.3 Å². The summed E-state index contributed by atoms with van der Waals surface area (Å²) in [5.74, 6) is -1.66. The van der Waals surface area contributed by atoms with Gasteiger partial charge in [-0.2, -0.15) is 17.6 Å². The van der Waals surface area contributed by atoms with Crippen molar-refractivity contribution in [1.82, 2.24) is 14.9 Å². The molecular weight excluding hydrogens is 508 g/mol. The molecule has 0 unspecified atom stereocenters. The first-order valence-electron chi connectivity index (χ1n) is 12.3. The van der Waals surface area contributed by atoms with Crippen LogP contribution in [0.5, 0.6) is 0 Å². The number of hydrogen-bond donors (Lipinski definition) is 2. The minimum absolute atomic E-state index is 0.00513. The third kappa shape index (κ3) is 6.32. The number of ether oxygens (including phenoxy) is 1. The van der Waals surface area contributed by atoms with Crippen molar-refractivity contribution in [3.05, 3.63) is 47.5 Å². The predicted molar refractivity (Wildman–Crippen MR) is 130 cm³/mol. The van der Waals surface area contributed by atoms with Crippen LogP contribution in [-0.2, 0) is 27.0 Å². The molecule has 1 aromatic heterocycles. The number of aromatic nitrogens is 2. The number of rotatable bonds is 10. The molecule has 1 saturated carbocycles. The fraction of sp³-hybridized carbons (Fsp3) is 0.520. The Balaban J connectivity index is 1.49. The lowest BCUT2D eigenvalue weighted by Gasteiger charge is -2.39. The third-order valence-corrected chi connectivity index (χ3v) is 7.07. The van der Waals surface area contributed by atoms with Crippen molar-refractivity contribution in [2.24, 2.45) is 11.1 Å². The van der Waals surface area contributed by atoms with E-state index in [0.717, 1.165) is 25.0 Å². The van der Waals surface area contributed by atoms with Crippen molar-refractivity contribution in [3.63, 3.8) is 0 Å². The summed E-state index contributed by atoms with van der Waals surface area (Å²) < 4.78 is 59.5. The molecule has 2 aromatic rings. The molecule has 0 radical (unpaired) electrons. The summed E-state index contributed by atoms with van der Waals surface area (Å²) in [6.45, 7) is 1.21. The van der Waals surface area contributed by atoms with Gasteiger partial charge in [-0.25, -0.2) is 9.97 Å². The van der Waals surface area contributed by atoms with E-state index in [1.807, 2.05) is 4.90 Å². The number of hydrogen-bond acceptors (Lipinski definition) is 8. The van der Waals surface area contributed by atoms with E-state index in [0.29, 0.717) is 31.5 Å². The second kappa shape index (κ2) is 11.1. The highest BCUT2D eigenvalue weighted by atomic mass is 19.4. The van der Waals surface area contributed by atoms with Crippen LogP contribution < -0.4 is 16.0 Å². The number of benzene rings is 1. The van der Waals surface area contributed by atoms with Gasteiger partial charge in [-0.05, 0) is 56.5 Å². The number of carbonyl (C=O) groups is 2. The number of carbonyl (C=O) groups excluding carboxylic acids is 2. The van der Waals surface area contributed by atoms with Crippen molar-refractivity contribution in [3.8, 4) is 0 Å². The summed E-state index contributed by atoms with van der Waals surface area (Å²) in [5.41, 5.74) is 4.16. The molecule has 2 fully saturated rings. The second-order valence-corrected chi connectivity index (χ2v) is 9.78. The van der Waals surface area contributed by atoms with E-state index in [4.69, 9.17) is 10.5 Å². The zero-order chi connectivity index (χ0) is 27.5. The smallest absolute Gasteiger partial charge is 0.416 e. The Labute approximate surface area is 217 Å². The fourth-order valence-electron chi connectivity index (χ4n) is 4.73. The Kier molecular flexibility index (Phi) is 8.05. The van der Waals surface area contributed by atoms with Gasteiger partial charge >= 0.3 is 12.1 Å². The topological polar surface area (TPSA) is 114 Å². The molecule has 13 heteroatoms. The average Bonchev–Trinajstić information content (AvgIpc) is 3.72. The third-order valence-electron chi connectivity index (χ3n) is 7.07. The number of piperidine rings is 1. The average molecular weight is 539 g/mol. The highest BCUT2D eigenvalue weighted by Crippen LogP contribution is 2.37. The molecule has 38 heavy (non-hydrogen) atoms. The zero-order valence-electron chi connectivity index (χ0n) is 20.9. The van der Waals surface area contributed by atoms with E-state index in [1.165, 1.54) is 25.6 Å². The first-order valence-corrected chi connectivity index (χ1v) is 12.3. The monoisotopic (exact) mass is 538 g/mol. The number of amides is 1. The van der Waals surface area contributed by atoms with Gasteiger partial charge < -0.3 is 20.7 Å². The van der Waals surface area contributed by atoms with E-state index in [9.17, 15) is 22.8 Å². The van der Waals surface area contributed by atoms with Crippen LogP contribution in [0.15, 0.2) is 30.6 Å². The van der Waals surface area contributed by atoms with Gasteiger partial charge in [0.2, 0.25) is 11.7 Å². The maximum Gasteiger partial charge on any atom is 0.416 e. The summed E-state index contributed by atoms with van der Waals surface area (Å²) in [6, 6.07) is 4.77. The first kappa shape index (κ1) is 27.6. The van der Waals surface area contributed by atoms with Crippen molar-refractivity contribution >= 4 is 23.5 Å². The van der Waals surface area contributed by atoms with Crippen molar-refractivity contribution in [1.29, 1.82) is 0 Å². The highest BCUT2D eigenvalue weighted by molar-refractivity contribution is 5.78. The van der Waals surface area contributed by atoms with Gasteiger partial charge in [0.25, 0.3) is 0 Å². The molecule has 9 nitrogen and oxygen atoms in total. The van der Waals surface area contributed by atoms with Crippen LogP contribution in [0.2, 0.25) is 0 Å². The van der Waals surface area contributed by atoms with Gasteiger partial charge in [0.15, 0.2) is 11.6 Å². The zero-order valence-corrected chi connectivity index (χ0v) is 20.9. The predicted octanol–water partition coefficient (Wildman–Crippen LogP) is 2.96. The molecule has 0 spiro atoms. The lowest BCUT2D eigenvalue weighted by molar-refractivity contribution is -0.155. The number of methoxy groups -OCH3 is 1. The summed E-state index contributed by atoms with van der Waals surface area (Å²) in [7, 11) is 1.29. The van der Waals surface area contributed by atoms with Crippen molar-refractivity contribution < 1.29 is 31.9 Å². The van der Waals surface area contributed by atoms with Crippen LogP contribution in [0.1, 0.15) is 36.8 Å². The number of alkyl halides is 3. The maximum atomic E-state index is 15.6. The van der Waals surface area contributed by atoms with E-state index in [1.54, 1.807) is 4.90 Å². The number of nitrogens with one attached hydrogen (secondary N) is 1. The number of primary amides is 1. The molecule has 0 atom stereocenters. The Hall–Kier alpha value is -3.48. The van der Waals surface area contributed by atoms with Crippen LogP contribution in [0.25, 0.3) is 0 Å². The maximum absolute atomic E-state index is 15.6. The molecule has 0 bridgehead atoms. The summed E-state index contributed by atoms with van der Waals surface area (Å²) in [6.07, 6.45) is -0.860. The Morgan fingerprint density at radius 2 is 1.84 bits per heavy atom.